The Balaban J connectivity index is 2.05. The molecule has 0 fully saturated rings. The number of benzene rings is 1. The molecule has 3 heteroatoms. The zero-order valence-corrected chi connectivity index (χ0v) is 9.18. The van der Waals surface area contributed by atoms with Crippen molar-refractivity contribution in [3.63, 3.8) is 0 Å². The third kappa shape index (κ3) is 2.51. The lowest BCUT2D eigenvalue weighted by Gasteiger charge is -2.09. The van der Waals surface area contributed by atoms with E-state index in [-0.39, 0.29) is 0 Å². The van der Waals surface area contributed by atoms with Crippen LogP contribution in [0.15, 0.2) is 48.7 Å². The van der Waals surface area contributed by atoms with Crippen LogP contribution in [-0.4, -0.2) is 12.1 Å². The number of para-hydroxylation sites is 1. The van der Waals surface area contributed by atoms with Crippen LogP contribution in [0.2, 0.25) is 0 Å². The summed E-state index contributed by atoms with van der Waals surface area (Å²) >= 11 is 0. The standard InChI is InChI=1S/C13H14N2O/c1-16-12-7-3-2-6-11(12)10-15-13-8-4-5-9-14-13/h2-9H,10H2,1H3,(H,14,15). The van der Waals surface area contributed by atoms with Crippen molar-refractivity contribution in [1.82, 2.24) is 4.98 Å². The van der Waals surface area contributed by atoms with Crippen LogP contribution in [0.3, 0.4) is 0 Å². The minimum atomic E-state index is 0.709. The maximum atomic E-state index is 5.27. The SMILES string of the molecule is COc1ccccc1CNc1ccccn1. The number of anilines is 1. The summed E-state index contributed by atoms with van der Waals surface area (Å²) < 4.78 is 5.27. The summed E-state index contributed by atoms with van der Waals surface area (Å²) in [5.41, 5.74) is 1.12. The van der Waals surface area contributed by atoms with E-state index >= 15 is 0 Å². The van der Waals surface area contributed by atoms with Gasteiger partial charge in [-0.3, -0.25) is 0 Å². The lowest BCUT2D eigenvalue weighted by Crippen LogP contribution is -2.02. The van der Waals surface area contributed by atoms with Crippen LogP contribution in [0.5, 0.6) is 5.75 Å². The third-order valence-corrected chi connectivity index (χ3v) is 2.32. The fourth-order valence-electron chi connectivity index (χ4n) is 1.50. The van der Waals surface area contributed by atoms with Gasteiger partial charge in [-0.05, 0) is 18.2 Å². The van der Waals surface area contributed by atoms with Gasteiger partial charge in [-0.15, -0.1) is 0 Å². The highest BCUT2D eigenvalue weighted by atomic mass is 16.5. The van der Waals surface area contributed by atoms with Gasteiger partial charge in [0.05, 0.1) is 7.11 Å². The molecule has 0 spiro atoms. The number of aromatic nitrogens is 1. The molecule has 3 nitrogen and oxygen atoms in total. The van der Waals surface area contributed by atoms with Gasteiger partial charge in [-0.1, -0.05) is 24.3 Å². The molecule has 0 aliphatic rings. The number of nitrogens with one attached hydrogen (secondary N) is 1. The predicted octanol–water partition coefficient (Wildman–Crippen LogP) is 2.70. The van der Waals surface area contributed by atoms with E-state index in [1.165, 1.54) is 0 Å². The number of nitrogens with zero attached hydrogens (tertiary/aromatic N) is 1. The van der Waals surface area contributed by atoms with Crippen molar-refractivity contribution in [3.8, 4) is 5.75 Å². The molecule has 0 aliphatic heterocycles. The first-order valence-corrected chi connectivity index (χ1v) is 5.17. The highest BCUT2D eigenvalue weighted by Crippen LogP contribution is 2.18. The maximum absolute atomic E-state index is 5.27. The van der Waals surface area contributed by atoms with Gasteiger partial charge >= 0.3 is 0 Å². The summed E-state index contributed by atoms with van der Waals surface area (Å²) in [6, 6.07) is 13.7. The molecule has 1 aromatic carbocycles. The van der Waals surface area contributed by atoms with Gasteiger partial charge in [-0.2, -0.15) is 0 Å². The molecule has 0 saturated carbocycles. The quantitative estimate of drug-likeness (QED) is 0.849. The van der Waals surface area contributed by atoms with Crippen LogP contribution in [0.4, 0.5) is 5.82 Å². The highest BCUT2D eigenvalue weighted by Gasteiger charge is 2.00. The molecule has 1 N–H and O–H groups in total. The molecular formula is C13H14N2O. The van der Waals surface area contributed by atoms with Crippen molar-refractivity contribution in [2.75, 3.05) is 12.4 Å². The molecule has 1 heterocycles. The van der Waals surface area contributed by atoms with Gasteiger partial charge in [0, 0.05) is 18.3 Å². The molecule has 82 valence electrons. The van der Waals surface area contributed by atoms with Crippen LogP contribution in [0.25, 0.3) is 0 Å². The minimum Gasteiger partial charge on any atom is -0.496 e. The largest absolute Gasteiger partial charge is 0.496 e. The number of pyridine rings is 1. The van der Waals surface area contributed by atoms with E-state index in [0.717, 1.165) is 17.1 Å². The summed E-state index contributed by atoms with van der Waals surface area (Å²) in [5.74, 6) is 1.76. The minimum absolute atomic E-state index is 0.709. The van der Waals surface area contributed by atoms with E-state index in [4.69, 9.17) is 4.74 Å². The summed E-state index contributed by atoms with van der Waals surface area (Å²) in [7, 11) is 1.68. The molecule has 0 aliphatic carbocycles. The Morgan fingerprint density at radius 2 is 1.94 bits per heavy atom. The van der Waals surface area contributed by atoms with Gasteiger partial charge in [-0.25, -0.2) is 4.98 Å². The summed E-state index contributed by atoms with van der Waals surface area (Å²) in [6.07, 6.45) is 1.77. The summed E-state index contributed by atoms with van der Waals surface area (Å²) in [4.78, 5) is 4.20. The second-order valence-corrected chi connectivity index (χ2v) is 3.38. The van der Waals surface area contributed by atoms with E-state index in [1.807, 2.05) is 42.5 Å². The molecule has 0 saturated heterocycles. The fraction of sp³-hybridized carbons (Fsp3) is 0.154. The molecule has 0 atom stereocenters. The van der Waals surface area contributed by atoms with Gasteiger partial charge in [0.2, 0.25) is 0 Å². The first-order chi connectivity index (χ1) is 7.90. The second-order valence-electron chi connectivity index (χ2n) is 3.38. The maximum Gasteiger partial charge on any atom is 0.126 e. The second kappa shape index (κ2) is 5.16. The lowest BCUT2D eigenvalue weighted by atomic mass is 10.2. The first kappa shape index (κ1) is 10.5. The molecular weight excluding hydrogens is 200 g/mol. The molecule has 2 aromatic rings. The number of ether oxygens (including phenoxy) is 1. The average Bonchev–Trinajstić information content (AvgIpc) is 2.38. The molecule has 0 bridgehead atoms. The van der Waals surface area contributed by atoms with Crippen molar-refractivity contribution in [3.05, 3.63) is 54.2 Å². The van der Waals surface area contributed by atoms with Crippen molar-refractivity contribution < 1.29 is 4.74 Å². The van der Waals surface area contributed by atoms with E-state index < -0.39 is 0 Å². The number of rotatable bonds is 4. The Labute approximate surface area is 95.1 Å². The summed E-state index contributed by atoms with van der Waals surface area (Å²) in [6.45, 7) is 0.709. The van der Waals surface area contributed by atoms with Crippen LogP contribution < -0.4 is 10.1 Å². The van der Waals surface area contributed by atoms with Crippen LogP contribution >= 0.6 is 0 Å². The molecule has 2 rings (SSSR count). The smallest absolute Gasteiger partial charge is 0.126 e. The van der Waals surface area contributed by atoms with Crippen molar-refractivity contribution in [1.29, 1.82) is 0 Å². The molecule has 1 aromatic heterocycles. The number of hydrogen-bond donors (Lipinski definition) is 1. The first-order valence-electron chi connectivity index (χ1n) is 5.17. The van der Waals surface area contributed by atoms with Crippen molar-refractivity contribution in [2.45, 2.75) is 6.54 Å². The zero-order valence-electron chi connectivity index (χ0n) is 9.18. The van der Waals surface area contributed by atoms with Gasteiger partial charge in [0.1, 0.15) is 11.6 Å². The lowest BCUT2D eigenvalue weighted by molar-refractivity contribution is 0.410. The predicted molar refractivity (Wildman–Crippen MR) is 64.6 cm³/mol. The molecule has 0 radical (unpaired) electrons. The Hall–Kier alpha value is -2.03. The average molecular weight is 214 g/mol. The number of hydrogen-bond acceptors (Lipinski definition) is 3. The van der Waals surface area contributed by atoms with E-state index in [0.29, 0.717) is 6.54 Å². The normalized spacial score (nSPS) is 9.81. The Kier molecular flexibility index (Phi) is 3.38. The number of methoxy groups -OCH3 is 1. The Morgan fingerprint density at radius 3 is 2.69 bits per heavy atom. The fourth-order valence-corrected chi connectivity index (χ4v) is 1.50. The van der Waals surface area contributed by atoms with Crippen molar-refractivity contribution in [2.24, 2.45) is 0 Å². The van der Waals surface area contributed by atoms with Crippen LogP contribution in [-0.2, 0) is 6.54 Å². The zero-order chi connectivity index (χ0) is 11.2. The van der Waals surface area contributed by atoms with Gasteiger partial charge in [0.25, 0.3) is 0 Å². The Morgan fingerprint density at radius 1 is 1.12 bits per heavy atom. The monoisotopic (exact) mass is 214 g/mol. The van der Waals surface area contributed by atoms with Crippen LogP contribution in [0.1, 0.15) is 5.56 Å². The Bertz CT molecular complexity index is 443. The van der Waals surface area contributed by atoms with E-state index in [1.54, 1.807) is 13.3 Å². The topological polar surface area (TPSA) is 34.1 Å². The van der Waals surface area contributed by atoms with Gasteiger partial charge < -0.3 is 10.1 Å². The van der Waals surface area contributed by atoms with E-state index in [9.17, 15) is 0 Å². The highest BCUT2D eigenvalue weighted by molar-refractivity contribution is 5.39. The molecule has 0 amide bonds. The van der Waals surface area contributed by atoms with Crippen LogP contribution in [0, 0.1) is 0 Å². The third-order valence-electron chi connectivity index (χ3n) is 2.32. The summed E-state index contributed by atoms with van der Waals surface area (Å²) in [5, 5.41) is 3.24. The molecule has 16 heavy (non-hydrogen) atoms. The van der Waals surface area contributed by atoms with Gasteiger partial charge in [0.15, 0.2) is 0 Å². The molecule has 0 unspecified atom stereocenters. The van der Waals surface area contributed by atoms with E-state index in [2.05, 4.69) is 10.3 Å². The van der Waals surface area contributed by atoms with Crippen molar-refractivity contribution >= 4 is 5.82 Å².